The van der Waals surface area contributed by atoms with Crippen LogP contribution in [0, 0.1) is 0 Å². The molecular formula is C11H11BrN2S. The van der Waals surface area contributed by atoms with Gasteiger partial charge in [0.2, 0.25) is 0 Å². The molecular weight excluding hydrogens is 272 g/mol. The van der Waals surface area contributed by atoms with Gasteiger partial charge in [-0.3, -0.25) is 4.98 Å². The van der Waals surface area contributed by atoms with Crippen LogP contribution in [-0.4, -0.2) is 4.98 Å². The Morgan fingerprint density at radius 2 is 2.27 bits per heavy atom. The molecule has 0 aromatic carbocycles. The van der Waals surface area contributed by atoms with Crippen molar-refractivity contribution in [2.75, 3.05) is 0 Å². The van der Waals surface area contributed by atoms with Crippen molar-refractivity contribution in [2.45, 2.75) is 12.5 Å². The minimum Gasteiger partial charge on any atom is -0.324 e. The van der Waals surface area contributed by atoms with Crippen LogP contribution in [0.15, 0.2) is 39.6 Å². The Bertz CT molecular complexity index is 427. The van der Waals surface area contributed by atoms with Crippen molar-refractivity contribution in [2.24, 2.45) is 5.73 Å². The molecule has 0 radical (unpaired) electrons. The Kier molecular flexibility index (Phi) is 3.51. The summed E-state index contributed by atoms with van der Waals surface area (Å²) in [6.07, 6.45) is 2.57. The van der Waals surface area contributed by atoms with E-state index in [1.54, 1.807) is 17.5 Å². The van der Waals surface area contributed by atoms with E-state index in [2.05, 4.69) is 26.3 Å². The number of aromatic nitrogens is 1. The zero-order valence-corrected chi connectivity index (χ0v) is 10.5. The van der Waals surface area contributed by atoms with E-state index in [0.29, 0.717) is 0 Å². The van der Waals surface area contributed by atoms with Gasteiger partial charge in [0.1, 0.15) is 0 Å². The number of hydrogen-bond donors (Lipinski definition) is 1. The molecule has 1 atom stereocenters. The lowest BCUT2D eigenvalue weighted by Gasteiger charge is -2.09. The maximum Gasteiger partial charge on any atom is 0.0422 e. The van der Waals surface area contributed by atoms with E-state index in [0.717, 1.165) is 22.2 Å². The summed E-state index contributed by atoms with van der Waals surface area (Å²) in [7, 11) is 0. The monoisotopic (exact) mass is 282 g/mol. The SMILES string of the molecule is NC(Cc1ccccn1)c1cscc1Br. The molecule has 2 nitrogen and oxygen atoms in total. The van der Waals surface area contributed by atoms with Gasteiger partial charge in [0.05, 0.1) is 0 Å². The second kappa shape index (κ2) is 4.88. The molecule has 0 aliphatic carbocycles. The Morgan fingerprint density at radius 1 is 1.40 bits per heavy atom. The van der Waals surface area contributed by atoms with Crippen LogP contribution in [0.1, 0.15) is 17.3 Å². The average Bonchev–Trinajstić information content (AvgIpc) is 2.66. The summed E-state index contributed by atoms with van der Waals surface area (Å²) in [4.78, 5) is 4.27. The minimum absolute atomic E-state index is 0.0144. The van der Waals surface area contributed by atoms with Crippen LogP contribution in [-0.2, 0) is 6.42 Å². The number of thiophene rings is 1. The predicted octanol–water partition coefficient (Wildman–Crippen LogP) is 3.15. The lowest BCUT2D eigenvalue weighted by Crippen LogP contribution is -2.13. The van der Waals surface area contributed by atoms with Crippen molar-refractivity contribution in [3.63, 3.8) is 0 Å². The largest absolute Gasteiger partial charge is 0.324 e. The number of rotatable bonds is 3. The third kappa shape index (κ3) is 2.65. The van der Waals surface area contributed by atoms with E-state index in [1.807, 2.05) is 23.6 Å². The average molecular weight is 283 g/mol. The third-order valence-corrected chi connectivity index (χ3v) is 3.95. The summed E-state index contributed by atoms with van der Waals surface area (Å²) in [5.41, 5.74) is 8.30. The zero-order valence-electron chi connectivity index (χ0n) is 8.06. The number of hydrogen-bond acceptors (Lipinski definition) is 3. The summed E-state index contributed by atoms with van der Waals surface area (Å²) < 4.78 is 1.09. The van der Waals surface area contributed by atoms with Gasteiger partial charge in [0.25, 0.3) is 0 Å². The minimum atomic E-state index is 0.0144. The summed E-state index contributed by atoms with van der Waals surface area (Å²) in [6, 6.07) is 5.91. The first-order valence-corrected chi connectivity index (χ1v) is 6.38. The second-order valence-electron chi connectivity index (χ2n) is 3.31. The van der Waals surface area contributed by atoms with Crippen molar-refractivity contribution in [1.29, 1.82) is 0 Å². The molecule has 2 heterocycles. The molecule has 78 valence electrons. The second-order valence-corrected chi connectivity index (χ2v) is 4.90. The maximum absolute atomic E-state index is 6.11. The number of nitrogens with zero attached hydrogens (tertiary/aromatic N) is 1. The van der Waals surface area contributed by atoms with Crippen LogP contribution in [0.3, 0.4) is 0 Å². The van der Waals surface area contributed by atoms with Gasteiger partial charge >= 0.3 is 0 Å². The summed E-state index contributed by atoms with van der Waals surface area (Å²) in [5.74, 6) is 0. The number of nitrogens with two attached hydrogens (primary N) is 1. The maximum atomic E-state index is 6.11. The fraction of sp³-hybridized carbons (Fsp3) is 0.182. The molecule has 0 aliphatic heterocycles. The van der Waals surface area contributed by atoms with Crippen molar-refractivity contribution in [1.82, 2.24) is 4.98 Å². The first kappa shape index (κ1) is 10.8. The molecule has 0 fully saturated rings. The Morgan fingerprint density at radius 3 is 2.87 bits per heavy atom. The van der Waals surface area contributed by atoms with Crippen molar-refractivity contribution >= 4 is 27.3 Å². The molecule has 2 N–H and O–H groups in total. The van der Waals surface area contributed by atoms with E-state index in [9.17, 15) is 0 Å². The molecule has 0 aliphatic rings. The molecule has 0 spiro atoms. The van der Waals surface area contributed by atoms with E-state index in [-0.39, 0.29) is 6.04 Å². The fourth-order valence-corrected chi connectivity index (χ4v) is 3.07. The fourth-order valence-electron chi connectivity index (χ4n) is 1.41. The van der Waals surface area contributed by atoms with Crippen LogP contribution in [0.2, 0.25) is 0 Å². The van der Waals surface area contributed by atoms with Gasteiger partial charge in [0, 0.05) is 34.2 Å². The van der Waals surface area contributed by atoms with Gasteiger partial charge in [0.15, 0.2) is 0 Å². The van der Waals surface area contributed by atoms with E-state index >= 15 is 0 Å². The van der Waals surface area contributed by atoms with Crippen LogP contribution in [0.25, 0.3) is 0 Å². The molecule has 0 saturated carbocycles. The van der Waals surface area contributed by atoms with E-state index < -0.39 is 0 Å². The topological polar surface area (TPSA) is 38.9 Å². The molecule has 2 aromatic rings. The Labute approximate surface area is 101 Å². The molecule has 4 heteroatoms. The van der Waals surface area contributed by atoms with E-state index in [1.165, 1.54) is 0 Å². The van der Waals surface area contributed by atoms with Crippen molar-refractivity contribution in [3.05, 3.63) is 50.9 Å². The smallest absolute Gasteiger partial charge is 0.0422 e. The molecule has 1 unspecified atom stereocenters. The van der Waals surface area contributed by atoms with E-state index in [4.69, 9.17) is 5.73 Å². The lowest BCUT2D eigenvalue weighted by molar-refractivity contribution is 0.706. The van der Waals surface area contributed by atoms with Gasteiger partial charge in [-0.1, -0.05) is 6.07 Å². The van der Waals surface area contributed by atoms with Gasteiger partial charge in [-0.15, -0.1) is 0 Å². The molecule has 0 amide bonds. The Balaban J connectivity index is 2.11. The lowest BCUT2D eigenvalue weighted by atomic mass is 10.1. The van der Waals surface area contributed by atoms with Crippen LogP contribution in [0.5, 0.6) is 0 Å². The third-order valence-electron chi connectivity index (χ3n) is 2.20. The molecule has 0 saturated heterocycles. The summed E-state index contributed by atoms with van der Waals surface area (Å²) >= 11 is 5.15. The van der Waals surface area contributed by atoms with Gasteiger partial charge < -0.3 is 5.73 Å². The highest BCUT2D eigenvalue weighted by atomic mass is 79.9. The highest BCUT2D eigenvalue weighted by molar-refractivity contribution is 9.10. The molecule has 0 bridgehead atoms. The standard InChI is InChI=1S/C11H11BrN2S/c12-10-7-15-6-9(10)11(13)5-8-3-1-2-4-14-8/h1-4,6-7,11H,5,13H2. The van der Waals surface area contributed by atoms with Crippen LogP contribution in [0.4, 0.5) is 0 Å². The zero-order chi connectivity index (χ0) is 10.7. The Hall–Kier alpha value is -0.710. The summed E-state index contributed by atoms with van der Waals surface area (Å²) in [6.45, 7) is 0. The number of pyridine rings is 1. The predicted molar refractivity (Wildman–Crippen MR) is 66.9 cm³/mol. The van der Waals surface area contributed by atoms with Gasteiger partial charge in [-0.25, -0.2) is 0 Å². The van der Waals surface area contributed by atoms with Gasteiger partial charge in [-0.05, 0) is 39.0 Å². The van der Waals surface area contributed by atoms with Crippen molar-refractivity contribution < 1.29 is 0 Å². The quantitative estimate of drug-likeness (QED) is 0.939. The molecule has 2 rings (SSSR count). The highest BCUT2D eigenvalue weighted by Gasteiger charge is 2.11. The van der Waals surface area contributed by atoms with Gasteiger partial charge in [-0.2, -0.15) is 11.3 Å². The highest BCUT2D eigenvalue weighted by Crippen LogP contribution is 2.27. The summed E-state index contributed by atoms with van der Waals surface area (Å²) in [5, 5.41) is 4.13. The van der Waals surface area contributed by atoms with Crippen LogP contribution >= 0.6 is 27.3 Å². The van der Waals surface area contributed by atoms with Crippen molar-refractivity contribution in [3.8, 4) is 0 Å². The number of halogens is 1. The first-order valence-electron chi connectivity index (χ1n) is 4.64. The molecule has 15 heavy (non-hydrogen) atoms. The first-order chi connectivity index (χ1) is 7.27. The molecule has 2 aromatic heterocycles. The van der Waals surface area contributed by atoms with Crippen LogP contribution < -0.4 is 5.73 Å². The normalized spacial score (nSPS) is 12.7.